The van der Waals surface area contributed by atoms with Crippen LogP contribution in [0.3, 0.4) is 0 Å². The molecule has 0 bridgehead atoms. The lowest BCUT2D eigenvalue weighted by atomic mass is 10.0. The monoisotopic (exact) mass is 1730 g/mol. The normalized spacial score (nSPS) is 12.8. The summed E-state index contributed by atoms with van der Waals surface area (Å²) in [7, 11) is 7.68. The lowest BCUT2D eigenvalue weighted by Gasteiger charge is -2.16. The number of rotatable bonds is 23. The number of benzene rings is 8. The van der Waals surface area contributed by atoms with Crippen molar-refractivity contribution in [2.75, 3.05) is 20.1 Å². The highest BCUT2D eigenvalue weighted by atomic mass is 35.5. The zero-order chi connectivity index (χ0) is 89.4. The molecule has 1 saturated heterocycles. The molecule has 10 heterocycles. The van der Waals surface area contributed by atoms with Crippen LogP contribution in [0, 0.1) is 17.6 Å². The van der Waals surface area contributed by atoms with Crippen LogP contribution < -0.4 is 24.3 Å². The minimum absolute atomic E-state index is 0.00123. The molecule has 2 aliphatic rings. The summed E-state index contributed by atoms with van der Waals surface area (Å²) in [6.07, 6.45) is 29.4. The number of Topliss-reactive ketones (excluding diaryl/α,β-unsaturated/α-hetero) is 2. The molecule has 0 radical (unpaired) electrons. The fourth-order valence-electron chi connectivity index (χ4n) is 14.6. The molecule has 0 unspecified atom stereocenters. The Kier molecular flexibility index (Phi) is 24.4. The first-order valence-corrected chi connectivity index (χ1v) is 41.5. The molecular weight excluding hydrogens is 1650 g/mol. The van der Waals surface area contributed by atoms with Gasteiger partial charge in [-0.15, -0.1) is 0 Å². The molecule has 0 spiro atoms. The van der Waals surface area contributed by atoms with Crippen molar-refractivity contribution in [3.63, 3.8) is 0 Å². The van der Waals surface area contributed by atoms with Crippen molar-refractivity contribution < 1.29 is 55.4 Å². The number of halogens is 5. The number of hydrogen-bond acceptors (Lipinski definition) is 17. The zero-order valence-corrected chi connectivity index (χ0v) is 70.7. The average molecular weight is 1740 g/mol. The van der Waals surface area contributed by atoms with Gasteiger partial charge in [-0.05, 0) is 164 Å². The number of hydrogen-bond donors (Lipinski definition) is 1. The highest BCUT2D eigenvalue weighted by molar-refractivity contribution is 6.32. The van der Waals surface area contributed by atoms with Gasteiger partial charge in [-0.3, -0.25) is 39.1 Å². The number of fused-ring (bicyclic) bond motifs is 5. The van der Waals surface area contributed by atoms with Gasteiger partial charge in [0.15, 0.2) is 23.1 Å². The summed E-state index contributed by atoms with van der Waals surface area (Å²) < 4.78 is 88.5. The first-order chi connectivity index (χ1) is 61.8. The van der Waals surface area contributed by atoms with Crippen LogP contribution >= 0.6 is 34.8 Å². The maximum absolute atomic E-state index is 15.1. The van der Waals surface area contributed by atoms with Crippen LogP contribution in [0.2, 0.25) is 15.1 Å². The molecule has 8 aromatic carbocycles. The fraction of sp³-hybridized carbons (Fsp3) is 0.196. The third-order valence-corrected chi connectivity index (χ3v) is 22.4. The number of nitrogens with one attached hydrogen (secondary N) is 1. The number of pyridine rings is 4. The van der Waals surface area contributed by atoms with Gasteiger partial charge in [0.25, 0.3) is 5.91 Å². The van der Waals surface area contributed by atoms with Gasteiger partial charge in [0.2, 0.25) is 5.91 Å². The topological polar surface area (TPSA) is 256 Å². The summed E-state index contributed by atoms with van der Waals surface area (Å²) in [5.41, 5.74) is 12.5. The second kappa shape index (κ2) is 37.8. The number of carbonyl (C=O) groups excluding carboxylic acids is 4. The Labute approximate surface area is 736 Å². The molecule has 19 rings (SSSR count). The predicted octanol–water partition coefficient (Wildman–Crippen LogP) is 22.0. The average Bonchev–Trinajstić information content (AvgIpc) is 1.48. The van der Waals surface area contributed by atoms with Crippen molar-refractivity contribution in [3.05, 3.63) is 288 Å². The molecule has 630 valence electrons. The van der Waals surface area contributed by atoms with E-state index in [0.29, 0.717) is 97.8 Å². The first kappa shape index (κ1) is 80.7. The molecule has 0 atom stereocenters. The lowest BCUT2D eigenvalue weighted by molar-refractivity contribution is -0.129. The first-order valence-electron chi connectivity index (χ1n) is 41.8. The van der Waals surface area contributed by atoms with Crippen molar-refractivity contribution in [1.82, 2.24) is 68.4 Å². The highest BCUT2D eigenvalue weighted by Crippen LogP contribution is 2.42. The van der Waals surface area contributed by atoms with Gasteiger partial charge in [-0.1, -0.05) is 84.2 Å². The molecule has 1 saturated carbocycles. The number of nitrogens with zero attached hydrogens (tertiary/aromatic N) is 13. The van der Waals surface area contributed by atoms with Crippen LogP contribution in [0.4, 0.5) is 8.78 Å². The number of ketones is 2. The number of ether oxygens (including phenoxy) is 4. The number of likely N-dealkylation sites (tertiary alicyclic amines) is 1. The van der Waals surface area contributed by atoms with Gasteiger partial charge in [-0.25, -0.2) is 28.7 Å². The van der Waals surface area contributed by atoms with Gasteiger partial charge in [-0.2, -0.15) is 0 Å². The summed E-state index contributed by atoms with van der Waals surface area (Å²) in [4.78, 5) is 85.8. The van der Waals surface area contributed by atoms with Crippen molar-refractivity contribution in [3.8, 4) is 91.0 Å². The van der Waals surface area contributed by atoms with Crippen LogP contribution in [0.15, 0.2) is 243 Å². The molecule has 28 heteroatoms. The van der Waals surface area contributed by atoms with Gasteiger partial charge in [0.1, 0.15) is 57.9 Å². The van der Waals surface area contributed by atoms with Crippen molar-refractivity contribution in [2.24, 2.45) is 34.1 Å². The number of imidazole rings is 4. The molecule has 125 heavy (non-hydrogen) atoms. The molecule has 1 N–H and O–H groups in total. The van der Waals surface area contributed by atoms with Crippen LogP contribution in [0.1, 0.15) is 83.0 Å². The van der Waals surface area contributed by atoms with E-state index < -0.39 is 24.5 Å². The number of carbonyl (C=O) groups is 4. The Bertz CT molecular complexity index is 7070. The molecular formula is C97H83Cl3F2N14O9. The number of aryl methyl sites for hydroxylation is 4. The molecule has 23 nitrogen and oxygen atoms in total. The Hall–Kier alpha value is -14.0. The van der Waals surface area contributed by atoms with Gasteiger partial charge >= 0.3 is 0 Å². The van der Waals surface area contributed by atoms with E-state index in [-0.39, 0.29) is 57.4 Å². The molecule has 17 aromatic rings. The third-order valence-electron chi connectivity index (χ3n) is 21.2. The fourth-order valence-corrected chi connectivity index (χ4v) is 15.3. The summed E-state index contributed by atoms with van der Waals surface area (Å²) in [6.45, 7) is 0.840. The van der Waals surface area contributed by atoms with Crippen LogP contribution in [-0.2, 0) is 61.8 Å². The lowest BCUT2D eigenvalue weighted by Crippen LogP contribution is -2.29. The number of furan rings is 1. The second-order valence-electron chi connectivity index (χ2n) is 30.6. The van der Waals surface area contributed by atoms with Gasteiger partial charge < -0.3 is 51.8 Å². The van der Waals surface area contributed by atoms with E-state index in [0.717, 1.165) is 116 Å². The maximum atomic E-state index is 15.1. The standard InChI is InChI=1S/C25H22ClFN4O2.C25H22ClN3O2.C24H21ClFN3O2.C23H18N4O3/c1-30-14-20(29-15-30)16-4-6-18-19(12-16)28-9-8-21(18)33-22-7-5-17(24(26)25(22)27)13-23(32)31-10-2-3-11-31;1-29-14-24(28-15-29)18-5-7-21-23(12-18)27-9-8-25(21)31-20-6-4-17(22(26)13-20)11-19(30)10-16-2-3-16;1-3-4-17(30)11-16-6-8-22(24(26)23(16)25)31-21-9-10-27-19-12-15(5-7-18(19)21)20-13-29(2)14-28-20;1-24-23(28)18-12-29-22-10-15(4-6-16(18)22)30-21-7-8-25-19-9-14(3-5-17(19)21)20-11-27(2)13-26-20/h4-9,12,14-15H,2-3,10-11,13H2,1H3;4-9,12-16H,2-3,10-11H2,1H3;5-10,12-14H,3-4,11H2,1-2H3;3-13H,1-2H3,(H,24,28)/i;;;1D3. The molecule has 2 amide bonds. The van der Waals surface area contributed by atoms with Crippen LogP contribution in [0.5, 0.6) is 46.0 Å². The SMILES string of the molecule is CCCC(=O)Cc1ccc(Oc2ccnc3cc(-c4cn(C)cn4)ccc23)c(F)c1Cl.Cn1cnc(-c2ccc3c(Oc4ccc(CC(=O)CC5CC5)c(Cl)c4)ccnc3c2)c1.Cn1cnc(-c2ccc3c(Oc4ccc(CC(=O)N5CCCC5)c(Cl)c4F)ccnc3c2)c1.[2H]C([2H])([2H])NC(=O)c1coc2cc(Oc3ccnc4cc(-c5cn(C)cn5)ccc34)ccc12. The Balaban J connectivity index is 0.000000125. The van der Waals surface area contributed by atoms with Crippen molar-refractivity contribution in [2.45, 2.75) is 71.1 Å². The number of aromatic nitrogens is 12. The minimum atomic E-state index is -2.58. The summed E-state index contributed by atoms with van der Waals surface area (Å²) in [6, 6.07) is 47.1. The third kappa shape index (κ3) is 19.9. The highest BCUT2D eigenvalue weighted by Gasteiger charge is 2.27. The van der Waals surface area contributed by atoms with Crippen molar-refractivity contribution in [1.29, 1.82) is 0 Å². The quantitative estimate of drug-likeness (QED) is 0.0624. The number of amides is 2. The largest absolute Gasteiger partial charge is 0.463 e. The van der Waals surface area contributed by atoms with Crippen LogP contribution in [-0.4, -0.2) is 106 Å². The van der Waals surface area contributed by atoms with E-state index in [1.807, 2.05) is 174 Å². The van der Waals surface area contributed by atoms with E-state index in [9.17, 15) is 23.6 Å². The van der Waals surface area contributed by atoms with Gasteiger partial charge in [0.05, 0.1) is 92.2 Å². The Morgan fingerprint density at radius 3 is 1.27 bits per heavy atom. The van der Waals surface area contributed by atoms with E-state index in [4.69, 9.17) is 62.3 Å². The van der Waals surface area contributed by atoms with Gasteiger partial charge in [0, 0.05) is 188 Å². The molecule has 9 aromatic heterocycles. The summed E-state index contributed by atoms with van der Waals surface area (Å²) >= 11 is 18.9. The van der Waals surface area contributed by atoms with E-state index in [1.54, 1.807) is 110 Å². The maximum Gasteiger partial charge on any atom is 0.254 e. The molecule has 2 fully saturated rings. The van der Waals surface area contributed by atoms with E-state index >= 15 is 4.39 Å². The van der Waals surface area contributed by atoms with E-state index in [1.165, 1.54) is 31.2 Å². The Morgan fingerprint density at radius 1 is 0.464 bits per heavy atom. The summed E-state index contributed by atoms with van der Waals surface area (Å²) in [5, 5.41) is 6.04. The Morgan fingerprint density at radius 2 is 0.864 bits per heavy atom. The predicted molar refractivity (Wildman–Crippen MR) is 479 cm³/mol. The second-order valence-corrected chi connectivity index (χ2v) is 31.7. The van der Waals surface area contributed by atoms with Crippen molar-refractivity contribution >= 4 is 113 Å². The zero-order valence-electron chi connectivity index (χ0n) is 71.5. The van der Waals surface area contributed by atoms with Crippen LogP contribution in [0.25, 0.3) is 99.6 Å². The smallest absolute Gasteiger partial charge is 0.254 e. The van der Waals surface area contributed by atoms with E-state index in [2.05, 4.69) is 39.9 Å². The molecule has 1 aliphatic carbocycles. The minimum Gasteiger partial charge on any atom is -0.463 e. The summed E-state index contributed by atoms with van der Waals surface area (Å²) in [5.74, 6) is 2.10. The molecule has 1 aliphatic heterocycles.